The van der Waals surface area contributed by atoms with Crippen LogP contribution in [0.2, 0.25) is 0 Å². The Morgan fingerprint density at radius 2 is 1.67 bits per heavy atom. The van der Waals surface area contributed by atoms with Crippen molar-refractivity contribution in [2.75, 3.05) is 18.4 Å². The number of piperidine rings is 1. The topological polar surface area (TPSA) is 78.5 Å². The molecule has 0 radical (unpaired) electrons. The quantitative estimate of drug-likeness (QED) is 0.801. The third-order valence-electron chi connectivity index (χ3n) is 5.83. The Hall–Kier alpha value is -3.15. The van der Waals surface area contributed by atoms with Crippen LogP contribution in [0.1, 0.15) is 52.0 Å². The minimum atomic E-state index is -0.194. The average molecular weight is 405 g/mol. The zero-order chi connectivity index (χ0) is 21.1. The van der Waals surface area contributed by atoms with Crippen LogP contribution >= 0.6 is 0 Å². The maximum absolute atomic E-state index is 12.9. The first-order valence-electron chi connectivity index (χ1n) is 10.6. The molecule has 30 heavy (non-hydrogen) atoms. The highest BCUT2D eigenvalue weighted by Crippen LogP contribution is 2.24. The zero-order valence-electron chi connectivity index (χ0n) is 17.2. The largest absolute Gasteiger partial charge is 0.353 e. The van der Waals surface area contributed by atoms with Crippen molar-refractivity contribution in [1.29, 1.82) is 0 Å². The van der Waals surface area contributed by atoms with Crippen LogP contribution in [0.5, 0.6) is 0 Å². The molecule has 6 nitrogen and oxygen atoms in total. The highest BCUT2D eigenvalue weighted by Gasteiger charge is 2.31. The SMILES string of the molecule is Cc1ccccc1C(=O)Nc1cccc(C(=O)N2CCC(C(=O)NC3CC3)CC2)c1. The van der Waals surface area contributed by atoms with Crippen molar-refractivity contribution in [3.63, 3.8) is 0 Å². The Bertz CT molecular complexity index is 960. The van der Waals surface area contributed by atoms with Gasteiger partial charge in [-0.15, -0.1) is 0 Å². The van der Waals surface area contributed by atoms with Gasteiger partial charge in [-0.3, -0.25) is 14.4 Å². The third kappa shape index (κ3) is 4.70. The fourth-order valence-corrected chi connectivity index (χ4v) is 3.83. The molecule has 156 valence electrons. The number of nitrogens with one attached hydrogen (secondary N) is 2. The van der Waals surface area contributed by atoms with Gasteiger partial charge in [-0.1, -0.05) is 24.3 Å². The molecule has 2 aromatic rings. The van der Waals surface area contributed by atoms with Gasteiger partial charge >= 0.3 is 0 Å². The van der Waals surface area contributed by atoms with E-state index in [4.69, 9.17) is 0 Å². The van der Waals surface area contributed by atoms with Crippen LogP contribution in [0, 0.1) is 12.8 Å². The normalized spacial score (nSPS) is 16.8. The van der Waals surface area contributed by atoms with Crippen LogP contribution < -0.4 is 10.6 Å². The molecule has 3 amide bonds. The van der Waals surface area contributed by atoms with Gasteiger partial charge in [0.25, 0.3) is 11.8 Å². The molecule has 1 saturated carbocycles. The number of nitrogens with zero attached hydrogens (tertiary/aromatic N) is 1. The Kier molecular flexibility index (Phi) is 5.84. The second kappa shape index (κ2) is 8.69. The second-order valence-corrected chi connectivity index (χ2v) is 8.20. The highest BCUT2D eigenvalue weighted by atomic mass is 16.2. The van der Waals surface area contributed by atoms with Crippen LogP contribution in [0.15, 0.2) is 48.5 Å². The van der Waals surface area contributed by atoms with Gasteiger partial charge in [0.1, 0.15) is 0 Å². The maximum Gasteiger partial charge on any atom is 0.255 e. The standard InChI is InChI=1S/C24H27N3O3/c1-16-5-2-3-8-21(16)23(29)26-20-7-4-6-18(15-20)24(30)27-13-11-17(12-14-27)22(28)25-19-9-10-19/h2-8,15,17,19H,9-14H2,1H3,(H,25,28)(H,26,29). The summed E-state index contributed by atoms with van der Waals surface area (Å²) in [5, 5.41) is 5.94. The highest BCUT2D eigenvalue weighted by molar-refractivity contribution is 6.06. The molecule has 0 bridgehead atoms. The number of aryl methyl sites for hydroxylation is 1. The van der Waals surface area contributed by atoms with Crippen molar-refractivity contribution in [3.05, 3.63) is 65.2 Å². The molecule has 1 saturated heterocycles. The molecule has 4 rings (SSSR count). The first-order chi connectivity index (χ1) is 14.5. The first kappa shape index (κ1) is 20.1. The summed E-state index contributed by atoms with van der Waals surface area (Å²) in [4.78, 5) is 39.5. The monoisotopic (exact) mass is 405 g/mol. The van der Waals surface area contributed by atoms with Crippen LogP contribution in [0.4, 0.5) is 5.69 Å². The number of rotatable bonds is 5. The minimum Gasteiger partial charge on any atom is -0.353 e. The van der Waals surface area contributed by atoms with E-state index in [9.17, 15) is 14.4 Å². The Morgan fingerprint density at radius 1 is 0.933 bits per heavy atom. The van der Waals surface area contributed by atoms with Crippen molar-refractivity contribution >= 4 is 23.4 Å². The smallest absolute Gasteiger partial charge is 0.255 e. The summed E-state index contributed by atoms with van der Waals surface area (Å²) >= 11 is 0. The molecular formula is C24H27N3O3. The van der Waals surface area contributed by atoms with Crippen LogP contribution in [0.3, 0.4) is 0 Å². The number of hydrogen-bond acceptors (Lipinski definition) is 3. The number of hydrogen-bond donors (Lipinski definition) is 2. The van der Waals surface area contributed by atoms with Gasteiger partial charge < -0.3 is 15.5 Å². The van der Waals surface area contributed by atoms with E-state index in [0.29, 0.717) is 48.8 Å². The van der Waals surface area contributed by atoms with E-state index in [-0.39, 0.29) is 23.6 Å². The molecule has 2 fully saturated rings. The summed E-state index contributed by atoms with van der Waals surface area (Å²) in [6.07, 6.45) is 3.54. The summed E-state index contributed by atoms with van der Waals surface area (Å²) in [6, 6.07) is 14.8. The fraction of sp³-hybridized carbons (Fsp3) is 0.375. The minimum absolute atomic E-state index is 0.00520. The number of carbonyl (C=O) groups is 3. The molecular weight excluding hydrogens is 378 g/mol. The van der Waals surface area contributed by atoms with E-state index in [1.165, 1.54) is 0 Å². The lowest BCUT2D eigenvalue weighted by Gasteiger charge is -2.31. The molecule has 1 aliphatic heterocycles. The molecule has 2 aromatic carbocycles. The Morgan fingerprint density at radius 3 is 2.37 bits per heavy atom. The van der Waals surface area contributed by atoms with Crippen LogP contribution in [0.25, 0.3) is 0 Å². The number of carbonyl (C=O) groups excluding carboxylic acids is 3. The summed E-state index contributed by atoms with van der Waals surface area (Å²) in [5.74, 6) is -0.136. The van der Waals surface area contributed by atoms with E-state index in [2.05, 4.69) is 10.6 Å². The molecule has 1 heterocycles. The summed E-state index contributed by atoms with van der Waals surface area (Å²) in [5.41, 5.74) is 2.64. The number of likely N-dealkylation sites (tertiary alicyclic amines) is 1. The zero-order valence-corrected chi connectivity index (χ0v) is 17.2. The van der Waals surface area contributed by atoms with E-state index in [1.807, 2.05) is 25.1 Å². The number of amides is 3. The molecule has 0 atom stereocenters. The first-order valence-corrected chi connectivity index (χ1v) is 10.6. The van der Waals surface area contributed by atoms with Crippen molar-refractivity contribution in [3.8, 4) is 0 Å². The predicted octanol–water partition coefficient (Wildman–Crippen LogP) is 3.38. The summed E-state index contributed by atoms with van der Waals surface area (Å²) in [7, 11) is 0. The van der Waals surface area contributed by atoms with Crippen molar-refractivity contribution in [1.82, 2.24) is 10.2 Å². The van der Waals surface area contributed by atoms with Gasteiger partial charge in [0.05, 0.1) is 0 Å². The molecule has 1 aliphatic carbocycles. The van der Waals surface area contributed by atoms with Gasteiger partial charge in [0, 0.05) is 41.9 Å². The lowest BCUT2D eigenvalue weighted by Crippen LogP contribution is -2.43. The average Bonchev–Trinajstić information content (AvgIpc) is 3.58. The lowest BCUT2D eigenvalue weighted by molar-refractivity contribution is -0.126. The van der Waals surface area contributed by atoms with Crippen molar-refractivity contribution in [2.24, 2.45) is 5.92 Å². The van der Waals surface area contributed by atoms with Crippen LogP contribution in [-0.4, -0.2) is 41.8 Å². The third-order valence-corrected chi connectivity index (χ3v) is 5.83. The van der Waals surface area contributed by atoms with Gasteiger partial charge in [-0.25, -0.2) is 0 Å². The van der Waals surface area contributed by atoms with E-state index in [0.717, 1.165) is 18.4 Å². The van der Waals surface area contributed by atoms with E-state index >= 15 is 0 Å². The number of anilines is 1. The van der Waals surface area contributed by atoms with E-state index < -0.39 is 0 Å². The molecule has 0 unspecified atom stereocenters. The maximum atomic E-state index is 12.9. The van der Waals surface area contributed by atoms with Crippen LogP contribution in [-0.2, 0) is 4.79 Å². The lowest BCUT2D eigenvalue weighted by atomic mass is 9.95. The van der Waals surface area contributed by atoms with Crippen molar-refractivity contribution < 1.29 is 14.4 Å². The van der Waals surface area contributed by atoms with Gasteiger partial charge in [0.2, 0.25) is 5.91 Å². The fourth-order valence-electron chi connectivity index (χ4n) is 3.83. The molecule has 2 N–H and O–H groups in total. The molecule has 6 heteroatoms. The second-order valence-electron chi connectivity index (χ2n) is 8.20. The Balaban J connectivity index is 1.36. The van der Waals surface area contributed by atoms with Gasteiger partial charge in [-0.05, 0) is 62.4 Å². The molecule has 0 aromatic heterocycles. The molecule has 0 spiro atoms. The predicted molar refractivity (Wildman–Crippen MR) is 115 cm³/mol. The molecule has 2 aliphatic rings. The van der Waals surface area contributed by atoms with Gasteiger partial charge in [-0.2, -0.15) is 0 Å². The summed E-state index contributed by atoms with van der Waals surface area (Å²) < 4.78 is 0. The Labute approximate surface area is 176 Å². The van der Waals surface area contributed by atoms with E-state index in [1.54, 1.807) is 35.2 Å². The number of benzene rings is 2. The summed E-state index contributed by atoms with van der Waals surface area (Å²) in [6.45, 7) is 3.03. The van der Waals surface area contributed by atoms with Gasteiger partial charge in [0.15, 0.2) is 0 Å². The van der Waals surface area contributed by atoms with Crippen molar-refractivity contribution in [2.45, 2.75) is 38.6 Å².